The second-order valence-electron chi connectivity index (χ2n) is 7.27. The molecule has 1 aromatic heterocycles. The van der Waals surface area contributed by atoms with E-state index in [1.54, 1.807) is 13.0 Å². The van der Waals surface area contributed by atoms with Crippen molar-refractivity contribution >= 4 is 40.4 Å². The Morgan fingerprint density at radius 2 is 2.06 bits per heavy atom. The number of primary amides is 1. The van der Waals surface area contributed by atoms with Gasteiger partial charge in [-0.05, 0) is 25.8 Å². The highest BCUT2D eigenvalue weighted by molar-refractivity contribution is 7.15. The first-order valence-electron chi connectivity index (χ1n) is 9.84. The molecule has 0 saturated carbocycles. The van der Waals surface area contributed by atoms with Crippen LogP contribution in [0, 0.1) is 6.92 Å². The number of likely N-dealkylation sites (tertiary alicyclic amines) is 1. The fourth-order valence-corrected chi connectivity index (χ4v) is 4.36. The molecule has 9 nitrogen and oxygen atoms in total. The predicted octanol–water partition coefficient (Wildman–Crippen LogP) is 2.07. The van der Waals surface area contributed by atoms with Gasteiger partial charge in [0.05, 0.1) is 29.1 Å². The Bertz CT molecular complexity index is 959. The number of benzene rings is 1. The van der Waals surface area contributed by atoms with Gasteiger partial charge in [0.2, 0.25) is 0 Å². The zero-order valence-corrected chi connectivity index (χ0v) is 19.0. The SMILES string of the molecule is COc1cc(N)c(Cl)cc1C(=O)NC1CCN(CCOc2nc(C)c(C(N)=O)s2)CC1. The maximum Gasteiger partial charge on any atom is 0.274 e. The number of anilines is 1. The lowest BCUT2D eigenvalue weighted by molar-refractivity contribution is 0.0901. The molecule has 5 N–H and O–H groups in total. The van der Waals surface area contributed by atoms with Crippen molar-refractivity contribution in [2.45, 2.75) is 25.8 Å². The van der Waals surface area contributed by atoms with Gasteiger partial charge in [0.25, 0.3) is 17.0 Å². The van der Waals surface area contributed by atoms with Gasteiger partial charge in [-0.2, -0.15) is 0 Å². The first-order chi connectivity index (χ1) is 14.8. The maximum atomic E-state index is 12.7. The summed E-state index contributed by atoms with van der Waals surface area (Å²) in [6.45, 7) is 4.58. The minimum Gasteiger partial charge on any atom is -0.496 e. The predicted molar refractivity (Wildman–Crippen MR) is 120 cm³/mol. The molecule has 0 unspecified atom stereocenters. The Hall–Kier alpha value is -2.56. The number of nitrogen functional groups attached to an aromatic ring is 1. The first kappa shape index (κ1) is 23.1. The van der Waals surface area contributed by atoms with Gasteiger partial charge in [-0.1, -0.05) is 22.9 Å². The molecular formula is C20H26ClN5O4S. The summed E-state index contributed by atoms with van der Waals surface area (Å²) in [6.07, 6.45) is 1.64. The van der Waals surface area contributed by atoms with Crippen molar-refractivity contribution in [2.24, 2.45) is 5.73 Å². The molecule has 0 atom stereocenters. The van der Waals surface area contributed by atoms with E-state index >= 15 is 0 Å². The summed E-state index contributed by atoms with van der Waals surface area (Å²) in [5.41, 5.74) is 12.4. The van der Waals surface area contributed by atoms with E-state index in [2.05, 4.69) is 15.2 Å². The molecule has 0 bridgehead atoms. The molecule has 0 spiro atoms. The second kappa shape index (κ2) is 10.2. The summed E-state index contributed by atoms with van der Waals surface area (Å²) >= 11 is 7.22. The Balaban J connectivity index is 1.45. The monoisotopic (exact) mass is 467 g/mol. The lowest BCUT2D eigenvalue weighted by Crippen LogP contribution is -2.45. The average Bonchev–Trinajstić information content (AvgIpc) is 3.11. The Morgan fingerprint density at radius 3 is 2.68 bits per heavy atom. The van der Waals surface area contributed by atoms with Crippen LogP contribution in [0.1, 0.15) is 38.6 Å². The number of nitrogens with one attached hydrogen (secondary N) is 1. The molecule has 0 aliphatic carbocycles. The first-order valence-corrected chi connectivity index (χ1v) is 11.0. The van der Waals surface area contributed by atoms with Crippen molar-refractivity contribution < 1.29 is 19.1 Å². The van der Waals surface area contributed by atoms with Crippen molar-refractivity contribution in [3.8, 4) is 10.9 Å². The number of aryl methyl sites for hydroxylation is 1. The number of rotatable bonds is 8. The highest BCUT2D eigenvalue weighted by atomic mass is 35.5. The lowest BCUT2D eigenvalue weighted by Gasteiger charge is -2.32. The third-order valence-electron chi connectivity index (χ3n) is 5.12. The summed E-state index contributed by atoms with van der Waals surface area (Å²) in [5.74, 6) is -0.330. The molecule has 1 aromatic carbocycles. The summed E-state index contributed by atoms with van der Waals surface area (Å²) in [7, 11) is 1.49. The second-order valence-corrected chi connectivity index (χ2v) is 8.64. The normalized spacial score (nSPS) is 14.9. The number of hydrogen-bond acceptors (Lipinski definition) is 8. The number of nitrogens with two attached hydrogens (primary N) is 2. The van der Waals surface area contributed by atoms with Crippen LogP contribution in [0.5, 0.6) is 10.9 Å². The van der Waals surface area contributed by atoms with Crippen LogP contribution in [0.3, 0.4) is 0 Å². The van der Waals surface area contributed by atoms with Crippen molar-refractivity contribution in [1.29, 1.82) is 0 Å². The summed E-state index contributed by atoms with van der Waals surface area (Å²) in [6, 6.07) is 3.14. The number of carbonyl (C=O) groups excluding carboxylic acids is 2. The molecule has 2 aromatic rings. The number of carbonyl (C=O) groups is 2. The van der Waals surface area contributed by atoms with E-state index in [4.69, 9.17) is 32.5 Å². The molecule has 2 amide bonds. The minimum atomic E-state index is -0.493. The van der Waals surface area contributed by atoms with Crippen LogP contribution in [0.15, 0.2) is 12.1 Å². The number of piperidine rings is 1. The summed E-state index contributed by atoms with van der Waals surface area (Å²) < 4.78 is 10.9. The van der Waals surface area contributed by atoms with Gasteiger partial charge in [0.1, 0.15) is 17.2 Å². The maximum absolute atomic E-state index is 12.7. The third kappa shape index (κ3) is 5.78. The standard InChI is InChI=1S/C20H26ClN5O4S/c1-11-17(18(23)27)31-20(24-11)30-8-7-26-5-3-12(4-6-26)25-19(28)13-9-14(21)15(22)10-16(13)29-2/h9-10,12H,3-8,22H2,1-2H3,(H2,23,27)(H,25,28). The van der Waals surface area contributed by atoms with E-state index < -0.39 is 5.91 Å². The highest BCUT2D eigenvalue weighted by Crippen LogP contribution is 2.29. The number of halogens is 1. The average molecular weight is 468 g/mol. The largest absolute Gasteiger partial charge is 0.496 e. The molecule has 1 aliphatic rings. The van der Waals surface area contributed by atoms with E-state index in [1.807, 2.05) is 0 Å². The van der Waals surface area contributed by atoms with Crippen LogP contribution in [0.4, 0.5) is 5.69 Å². The molecule has 0 radical (unpaired) electrons. The molecule has 31 heavy (non-hydrogen) atoms. The number of methoxy groups -OCH3 is 1. The van der Waals surface area contributed by atoms with E-state index in [9.17, 15) is 9.59 Å². The molecule has 1 saturated heterocycles. The van der Waals surface area contributed by atoms with Gasteiger partial charge in [-0.3, -0.25) is 14.5 Å². The van der Waals surface area contributed by atoms with Gasteiger partial charge < -0.3 is 26.3 Å². The van der Waals surface area contributed by atoms with Crippen LogP contribution < -0.4 is 26.3 Å². The molecule has 3 rings (SSSR count). The van der Waals surface area contributed by atoms with Crippen LogP contribution in [-0.2, 0) is 0 Å². The fourth-order valence-electron chi connectivity index (χ4n) is 3.40. The van der Waals surface area contributed by atoms with Gasteiger partial charge in [-0.15, -0.1) is 0 Å². The van der Waals surface area contributed by atoms with Crippen molar-refractivity contribution in [1.82, 2.24) is 15.2 Å². The highest BCUT2D eigenvalue weighted by Gasteiger charge is 2.23. The molecule has 1 aliphatic heterocycles. The zero-order valence-electron chi connectivity index (χ0n) is 17.4. The molecule has 2 heterocycles. The van der Waals surface area contributed by atoms with Crippen molar-refractivity contribution in [3.63, 3.8) is 0 Å². The molecule has 168 valence electrons. The van der Waals surface area contributed by atoms with E-state index in [0.717, 1.165) is 43.8 Å². The third-order valence-corrected chi connectivity index (χ3v) is 6.53. The number of aromatic nitrogens is 1. The van der Waals surface area contributed by atoms with E-state index in [-0.39, 0.29) is 11.9 Å². The number of amides is 2. The Labute approximate surface area is 189 Å². The van der Waals surface area contributed by atoms with Crippen LogP contribution >= 0.6 is 22.9 Å². The minimum absolute atomic E-state index is 0.0606. The van der Waals surface area contributed by atoms with Crippen LogP contribution in [0.25, 0.3) is 0 Å². The quantitative estimate of drug-likeness (QED) is 0.506. The molecular weight excluding hydrogens is 442 g/mol. The summed E-state index contributed by atoms with van der Waals surface area (Å²) in [5, 5.41) is 3.82. The van der Waals surface area contributed by atoms with E-state index in [1.165, 1.54) is 13.2 Å². The summed E-state index contributed by atoms with van der Waals surface area (Å²) in [4.78, 5) is 30.9. The number of ether oxygens (including phenoxy) is 2. The molecule has 11 heteroatoms. The van der Waals surface area contributed by atoms with Crippen molar-refractivity contribution in [2.75, 3.05) is 39.1 Å². The van der Waals surface area contributed by atoms with Gasteiger partial charge >= 0.3 is 0 Å². The number of hydrogen-bond donors (Lipinski definition) is 3. The number of nitrogens with zero attached hydrogens (tertiary/aromatic N) is 2. The van der Waals surface area contributed by atoms with E-state index in [0.29, 0.717) is 44.4 Å². The van der Waals surface area contributed by atoms with Gasteiger partial charge in [0.15, 0.2) is 0 Å². The van der Waals surface area contributed by atoms with Crippen molar-refractivity contribution in [3.05, 3.63) is 33.3 Å². The smallest absolute Gasteiger partial charge is 0.274 e. The topological polar surface area (TPSA) is 133 Å². The lowest BCUT2D eigenvalue weighted by atomic mass is 10.0. The van der Waals surface area contributed by atoms with Gasteiger partial charge in [0, 0.05) is 31.7 Å². The number of thiazole rings is 1. The Morgan fingerprint density at radius 1 is 1.35 bits per heavy atom. The van der Waals surface area contributed by atoms with Crippen LogP contribution in [0.2, 0.25) is 5.02 Å². The van der Waals surface area contributed by atoms with Crippen LogP contribution in [-0.4, -0.2) is 61.1 Å². The molecule has 1 fully saturated rings. The Kier molecular flexibility index (Phi) is 7.58. The van der Waals surface area contributed by atoms with Gasteiger partial charge in [-0.25, -0.2) is 4.98 Å². The fraction of sp³-hybridized carbons (Fsp3) is 0.450. The zero-order chi connectivity index (χ0) is 22.5.